The van der Waals surface area contributed by atoms with Gasteiger partial charge < -0.3 is 49.0 Å². The van der Waals surface area contributed by atoms with Crippen LogP contribution in [0.3, 0.4) is 0 Å². The summed E-state index contributed by atoms with van der Waals surface area (Å²) in [5, 5.41) is 17.1. The number of nitrogens with one attached hydrogen (secondary N) is 1. The minimum Gasteiger partial charge on any atom is -0.493 e. The highest BCUT2D eigenvalue weighted by molar-refractivity contribution is 7.89. The molecule has 4 N–H and O–H groups in total. The van der Waals surface area contributed by atoms with Gasteiger partial charge in [0.05, 0.1) is 61.4 Å². The number of sulfonamides is 1. The molecule has 4 aliphatic heterocycles. The van der Waals surface area contributed by atoms with E-state index in [1.165, 1.54) is 84.7 Å². The topological polar surface area (TPSA) is 180 Å². The molecule has 0 bridgehead atoms. The van der Waals surface area contributed by atoms with Crippen molar-refractivity contribution in [1.82, 2.24) is 19.6 Å². The van der Waals surface area contributed by atoms with Crippen LogP contribution >= 0.6 is 0 Å². The number of morpholine rings is 2. The monoisotopic (exact) mass is 2050 g/mol. The lowest BCUT2D eigenvalue weighted by atomic mass is 9.83. The summed E-state index contributed by atoms with van der Waals surface area (Å²) >= 11 is 0. The summed E-state index contributed by atoms with van der Waals surface area (Å²) in [6, 6.07) is 43.5. The molecular formula is C118H171F10N7O9S. The molecule has 0 radical (unpaired) electrons. The molecule has 8 aromatic carbocycles. The van der Waals surface area contributed by atoms with E-state index in [1.807, 2.05) is 112 Å². The van der Waals surface area contributed by atoms with Crippen LogP contribution in [-0.2, 0) is 81.8 Å². The molecule has 0 aromatic heterocycles. The van der Waals surface area contributed by atoms with Crippen LogP contribution in [0.25, 0.3) is 0 Å². The summed E-state index contributed by atoms with van der Waals surface area (Å²) in [5.41, 5.74) is 8.02. The van der Waals surface area contributed by atoms with Gasteiger partial charge in [0.2, 0.25) is 10.0 Å². The molecule has 1 amide bonds. The predicted octanol–water partition coefficient (Wildman–Crippen LogP) is 27.8. The van der Waals surface area contributed by atoms with E-state index in [2.05, 4.69) is 162 Å². The Bertz CT molecular complexity index is 5400. The SMILES string of the molecule is CC(C)(C)c1cc(C(=O)N2CCOCC2)cc(C(F)(F)F)c1.CC(C)(C)c1cc(F)cc(C(=O)CC2CCCCC2)c1.CC(C)(C)c1cc(NCCN2CCOCC2)cc(C(F)(F)F)c1.CC(C)(C)c1ccc(S(N)(=O)=O)cc1.CC(C)(C)c1cccc(CO)c1.CCCCOc1ccc(F)cc1C(C)(C)C.CN1CCC(N(C)c2c(F)cccc2C(C)(C)C)C1.CN1CCCC1COc1cc(F)cc(C(C)(C)C)c1. The normalized spacial score (nSPS) is 16.6. The third kappa shape index (κ3) is 42.6. The van der Waals surface area contributed by atoms with Crippen LogP contribution in [0.2, 0.25) is 0 Å². The van der Waals surface area contributed by atoms with Crippen molar-refractivity contribution < 1.29 is 86.0 Å². The molecule has 4 heterocycles. The predicted molar refractivity (Wildman–Crippen MR) is 572 cm³/mol. The van der Waals surface area contributed by atoms with Crippen LogP contribution in [-0.4, -0.2) is 177 Å². The number of rotatable bonds is 19. The largest absolute Gasteiger partial charge is 0.493 e. The smallest absolute Gasteiger partial charge is 0.416 e. The van der Waals surface area contributed by atoms with Crippen molar-refractivity contribution in [1.29, 1.82) is 0 Å². The molecule has 5 aliphatic rings. The number of ketones is 1. The van der Waals surface area contributed by atoms with Crippen molar-refractivity contribution in [2.75, 3.05) is 130 Å². The number of likely N-dealkylation sites (tertiary alicyclic amines) is 2. The molecule has 5 fully saturated rings. The molecule has 27 heteroatoms. The van der Waals surface area contributed by atoms with E-state index in [4.69, 9.17) is 29.2 Å². The Morgan fingerprint density at radius 3 is 1.50 bits per heavy atom. The number of para-hydroxylation sites is 1. The average Bonchev–Trinajstić information content (AvgIpc) is 1.60. The van der Waals surface area contributed by atoms with Gasteiger partial charge in [-0.3, -0.25) is 14.5 Å². The van der Waals surface area contributed by atoms with E-state index in [-0.39, 0.29) is 89.9 Å². The molecule has 13 rings (SSSR count). The van der Waals surface area contributed by atoms with Crippen molar-refractivity contribution >= 4 is 33.1 Å². The quantitative estimate of drug-likeness (QED) is 0.0395. The van der Waals surface area contributed by atoms with Gasteiger partial charge in [0.1, 0.15) is 41.4 Å². The second kappa shape index (κ2) is 54.5. The number of alkyl halides is 6. The van der Waals surface area contributed by atoms with E-state index in [1.54, 1.807) is 42.5 Å². The number of aliphatic hydroxyl groups excluding tert-OH is 1. The van der Waals surface area contributed by atoms with Crippen LogP contribution in [0.4, 0.5) is 55.3 Å². The van der Waals surface area contributed by atoms with Crippen molar-refractivity contribution in [3.05, 3.63) is 253 Å². The number of benzene rings is 8. The van der Waals surface area contributed by atoms with Gasteiger partial charge in [-0.1, -0.05) is 260 Å². The molecule has 2 atom stereocenters. The lowest BCUT2D eigenvalue weighted by Gasteiger charge is -2.33. The molecule has 8 aromatic rings. The molecule has 1 saturated carbocycles. The summed E-state index contributed by atoms with van der Waals surface area (Å²) in [4.78, 5) is 35.5. The number of carbonyl (C=O) groups is 2. The number of Topliss-reactive ketones (excluding diaryl/α,β-unsaturated/α-hetero) is 1. The van der Waals surface area contributed by atoms with E-state index in [0.717, 1.165) is 148 Å². The molecule has 4 saturated heterocycles. The van der Waals surface area contributed by atoms with Crippen molar-refractivity contribution in [3.63, 3.8) is 0 Å². The second-order valence-electron chi connectivity index (χ2n) is 47.2. The summed E-state index contributed by atoms with van der Waals surface area (Å²) in [5.74, 6) is 0.843. The zero-order valence-electron chi connectivity index (χ0n) is 92.0. The highest BCUT2D eigenvalue weighted by atomic mass is 32.2. The Hall–Kier alpha value is -8.93. The first-order valence-corrected chi connectivity index (χ1v) is 52.8. The van der Waals surface area contributed by atoms with E-state index >= 15 is 0 Å². The summed E-state index contributed by atoms with van der Waals surface area (Å²) in [6.45, 7) is 62.0. The Balaban J connectivity index is 0.000000255. The number of hydrogen-bond donors (Lipinski definition) is 3. The van der Waals surface area contributed by atoms with Crippen molar-refractivity contribution in [3.8, 4) is 11.5 Å². The van der Waals surface area contributed by atoms with Gasteiger partial charge in [0, 0.05) is 99.8 Å². The number of ether oxygens (including phenoxy) is 4. The summed E-state index contributed by atoms with van der Waals surface area (Å²) in [6.07, 6.45) is 3.44. The molecule has 1 aliphatic carbocycles. The second-order valence-corrected chi connectivity index (χ2v) is 48.8. The molecule has 2 unspecified atom stereocenters. The van der Waals surface area contributed by atoms with Crippen LogP contribution in [0.5, 0.6) is 11.5 Å². The first-order valence-electron chi connectivity index (χ1n) is 51.3. The number of likely N-dealkylation sites (N-methyl/N-ethyl adjacent to an activating group) is 3. The molecule has 145 heavy (non-hydrogen) atoms. The maximum atomic E-state index is 14.3. The van der Waals surface area contributed by atoms with Crippen LogP contribution in [0.15, 0.2) is 163 Å². The Labute approximate surface area is 862 Å². The summed E-state index contributed by atoms with van der Waals surface area (Å²) < 4.78 is 177. The Morgan fingerprint density at radius 1 is 0.490 bits per heavy atom. The van der Waals surface area contributed by atoms with Gasteiger partial charge in [-0.05, 0) is 250 Å². The minimum atomic E-state index is -4.47. The standard InChI is InChI=1S/C18H25FO.C17H25F3N2O.C16H20F3NO2.C16H25FN2.C16H24FNO.C14H21FO.C11H16O.C10H15NO2S/c1-18(2,3)15-10-14(11-16(19)12-15)17(20)9-13-7-5-4-6-8-13;1-16(2,3)13-10-14(17(18,19)20)12-15(11-13)21-4-5-22-6-8-23-9-7-22;1-15(2,3)12-8-11(9-13(10-12)16(17,18)19)14(21)20-4-6-22-7-5-20;1-16(2,3)13-7-6-8-14(17)15(13)19(5)12-9-10-18(4)11-12;1-16(2,3)12-8-13(17)10-15(9-12)19-11-14-6-5-7-18(14)4;1-5-6-9-16-13-8-7-11(15)10-12(13)14(2,3)4;1-11(2,3)10-6-4-5-9(7-10)8-12;1-10(2,3)8-4-6-9(7-5-8)14(11,12)13/h10-13H,4-9H2,1-3H3;10-12,21H,4-9H2,1-3H3;8-10H,4-7H2,1-3H3;6-8,12H,9-11H2,1-5H3;8-10,14H,5-7,11H2,1-4H3;7-8,10H,5-6,9H2,1-4H3;4-7,12H,8H2,1-3H3;4-7H,1-3H3,(H2,11,12,13). The molecule has 0 spiro atoms. The van der Waals surface area contributed by atoms with Crippen molar-refractivity contribution in [2.45, 2.75) is 323 Å². The fourth-order valence-corrected chi connectivity index (χ4v) is 17.4. The minimum absolute atomic E-state index is 0.0247. The average molecular weight is 2050 g/mol. The fraction of sp³-hybridized carbons (Fsp3) is 0.576. The van der Waals surface area contributed by atoms with Gasteiger partial charge in [-0.15, -0.1) is 0 Å². The maximum absolute atomic E-state index is 14.3. The summed E-state index contributed by atoms with van der Waals surface area (Å²) in [7, 11) is 2.70. The number of anilines is 2. The number of hydrogen-bond acceptors (Lipinski definition) is 14. The number of carbonyl (C=O) groups excluding carboxylic acids is 2. The van der Waals surface area contributed by atoms with E-state index < -0.39 is 38.9 Å². The van der Waals surface area contributed by atoms with Gasteiger partial charge in [-0.2, -0.15) is 26.3 Å². The third-order valence-electron chi connectivity index (χ3n) is 26.4. The number of unbranched alkanes of at least 4 members (excludes halogenated alkanes) is 1. The van der Waals surface area contributed by atoms with Gasteiger partial charge in [0.25, 0.3) is 5.91 Å². The zero-order valence-corrected chi connectivity index (χ0v) is 92.9. The third-order valence-corrected chi connectivity index (χ3v) is 27.3. The van der Waals surface area contributed by atoms with Gasteiger partial charge >= 0.3 is 12.4 Å². The number of halogens is 10. The van der Waals surface area contributed by atoms with Crippen molar-refractivity contribution in [2.24, 2.45) is 11.1 Å². The van der Waals surface area contributed by atoms with Crippen LogP contribution < -0.4 is 24.8 Å². The molecule has 16 nitrogen and oxygen atoms in total. The number of nitrogens with two attached hydrogens (primary N) is 1. The number of aliphatic hydroxyl groups is 1. The lowest BCUT2D eigenvalue weighted by Crippen LogP contribution is -2.40. The molecular weight excluding hydrogens is 1880 g/mol. The highest BCUT2D eigenvalue weighted by Gasteiger charge is 2.37. The van der Waals surface area contributed by atoms with Gasteiger partial charge in [0.15, 0.2) is 5.78 Å². The first kappa shape index (κ1) is 125. The highest BCUT2D eigenvalue weighted by Crippen LogP contribution is 2.41. The number of amides is 1. The number of primary sulfonamides is 1. The molecule has 808 valence electrons. The zero-order chi connectivity index (χ0) is 109. The van der Waals surface area contributed by atoms with Crippen LogP contribution in [0.1, 0.15) is 326 Å². The van der Waals surface area contributed by atoms with Crippen LogP contribution in [0, 0.1) is 29.2 Å². The lowest BCUT2D eigenvalue weighted by molar-refractivity contribution is -0.138. The fourth-order valence-electron chi connectivity index (χ4n) is 16.9. The Morgan fingerprint density at radius 2 is 0.993 bits per heavy atom. The van der Waals surface area contributed by atoms with Gasteiger partial charge in [-0.25, -0.2) is 31.1 Å². The van der Waals surface area contributed by atoms with E-state index in [9.17, 15) is 61.9 Å². The first-order chi connectivity index (χ1) is 67.0. The Kier molecular flexibility index (Phi) is 46.9. The maximum Gasteiger partial charge on any atom is 0.416 e. The number of nitrogens with zero attached hydrogens (tertiary/aromatic N) is 5. The van der Waals surface area contributed by atoms with E-state index in [0.29, 0.717) is 98.6 Å².